The predicted octanol–water partition coefficient (Wildman–Crippen LogP) is 2.59. The van der Waals surface area contributed by atoms with Gasteiger partial charge in [-0.15, -0.1) is 0 Å². The maximum atomic E-state index is 12.5. The lowest BCUT2D eigenvalue weighted by Gasteiger charge is -2.26. The lowest BCUT2D eigenvalue weighted by molar-refractivity contribution is 0.254. The van der Waals surface area contributed by atoms with Crippen molar-refractivity contribution in [2.24, 2.45) is 0 Å². The molecule has 0 aliphatic carbocycles. The normalized spacial score (nSPS) is 17.6. The number of benzene rings is 2. The molecule has 2 aromatic rings. The van der Waals surface area contributed by atoms with Gasteiger partial charge in [0.25, 0.3) is 0 Å². The van der Waals surface area contributed by atoms with Crippen LogP contribution in [0.4, 0.5) is 0 Å². The quantitative estimate of drug-likeness (QED) is 0.946. The fourth-order valence-electron chi connectivity index (χ4n) is 2.57. The Labute approximate surface area is 131 Å². The molecular formula is C17H19NO3S. The Morgan fingerprint density at radius 1 is 1.09 bits per heavy atom. The highest BCUT2D eigenvalue weighted by atomic mass is 32.2. The second-order valence-corrected chi connectivity index (χ2v) is 7.40. The van der Waals surface area contributed by atoms with Crippen molar-refractivity contribution in [2.75, 3.05) is 6.61 Å². The maximum Gasteiger partial charge on any atom is 0.240 e. The molecule has 0 fully saturated rings. The number of nitrogens with one attached hydrogen (secondary N) is 1. The molecule has 116 valence electrons. The number of hydrogen-bond acceptors (Lipinski definition) is 3. The first kappa shape index (κ1) is 15.1. The molecule has 0 saturated heterocycles. The Balaban J connectivity index is 1.79. The van der Waals surface area contributed by atoms with Crippen molar-refractivity contribution >= 4 is 10.0 Å². The first-order chi connectivity index (χ1) is 10.5. The van der Waals surface area contributed by atoms with Crippen LogP contribution in [0.3, 0.4) is 0 Å². The molecule has 0 amide bonds. The summed E-state index contributed by atoms with van der Waals surface area (Å²) >= 11 is 0. The summed E-state index contributed by atoms with van der Waals surface area (Å²) in [5.74, 6) is 0.837. The van der Waals surface area contributed by atoms with Gasteiger partial charge in [0.15, 0.2) is 0 Å². The molecule has 0 aromatic heterocycles. The first-order valence-corrected chi connectivity index (χ1v) is 8.74. The van der Waals surface area contributed by atoms with Crippen LogP contribution in [-0.4, -0.2) is 21.1 Å². The molecule has 1 aliphatic rings. The van der Waals surface area contributed by atoms with Crippen LogP contribution in [0.25, 0.3) is 0 Å². The Morgan fingerprint density at radius 2 is 1.86 bits per heavy atom. The summed E-state index contributed by atoms with van der Waals surface area (Å²) in [5.41, 5.74) is 3.07. The SMILES string of the molecule is Cc1ccc(S(=O)(=O)NC2COc3ccccc3C2)cc1C. The van der Waals surface area contributed by atoms with Crippen LogP contribution < -0.4 is 9.46 Å². The number of hydrogen-bond donors (Lipinski definition) is 1. The third kappa shape index (κ3) is 3.00. The highest BCUT2D eigenvalue weighted by molar-refractivity contribution is 7.89. The summed E-state index contributed by atoms with van der Waals surface area (Å²) in [6.45, 7) is 4.22. The third-order valence-corrected chi connectivity index (χ3v) is 5.51. The van der Waals surface area contributed by atoms with E-state index in [-0.39, 0.29) is 6.04 Å². The fraction of sp³-hybridized carbons (Fsp3) is 0.294. The van der Waals surface area contributed by atoms with Crippen LogP contribution in [0.1, 0.15) is 16.7 Å². The average molecular weight is 317 g/mol. The summed E-state index contributed by atoms with van der Waals surface area (Å²) in [4.78, 5) is 0.300. The number of para-hydroxylation sites is 1. The van der Waals surface area contributed by atoms with Crippen molar-refractivity contribution in [3.8, 4) is 5.75 Å². The summed E-state index contributed by atoms with van der Waals surface area (Å²) in [5, 5.41) is 0. The molecule has 1 heterocycles. The van der Waals surface area contributed by atoms with Gasteiger partial charge in [-0.05, 0) is 55.2 Å². The van der Waals surface area contributed by atoms with E-state index < -0.39 is 10.0 Å². The Hall–Kier alpha value is -1.85. The minimum Gasteiger partial charge on any atom is -0.492 e. The van der Waals surface area contributed by atoms with Crippen molar-refractivity contribution in [3.05, 3.63) is 59.2 Å². The summed E-state index contributed by atoms with van der Waals surface area (Å²) in [7, 11) is -3.53. The van der Waals surface area contributed by atoms with Crippen molar-refractivity contribution in [2.45, 2.75) is 31.2 Å². The molecule has 1 unspecified atom stereocenters. The van der Waals surface area contributed by atoms with Crippen molar-refractivity contribution in [3.63, 3.8) is 0 Å². The Kier molecular flexibility index (Phi) is 3.93. The maximum absolute atomic E-state index is 12.5. The Bertz CT molecular complexity index is 799. The van der Waals surface area contributed by atoms with Crippen LogP contribution in [0.5, 0.6) is 5.75 Å². The van der Waals surface area contributed by atoms with E-state index in [1.807, 2.05) is 44.2 Å². The monoisotopic (exact) mass is 317 g/mol. The molecule has 1 N–H and O–H groups in total. The van der Waals surface area contributed by atoms with Crippen LogP contribution in [0, 0.1) is 13.8 Å². The highest BCUT2D eigenvalue weighted by Gasteiger charge is 2.25. The second-order valence-electron chi connectivity index (χ2n) is 5.69. The topological polar surface area (TPSA) is 55.4 Å². The van der Waals surface area contributed by atoms with E-state index in [0.29, 0.717) is 17.9 Å². The molecule has 1 aliphatic heterocycles. The van der Waals surface area contributed by atoms with E-state index in [2.05, 4.69) is 4.72 Å². The standard InChI is InChI=1S/C17H19NO3S/c1-12-7-8-16(9-13(12)2)22(19,20)18-15-10-14-5-3-4-6-17(14)21-11-15/h3-9,15,18H,10-11H2,1-2H3. The molecule has 4 nitrogen and oxygen atoms in total. The molecule has 0 spiro atoms. The van der Waals surface area contributed by atoms with Gasteiger partial charge in [-0.25, -0.2) is 13.1 Å². The molecule has 5 heteroatoms. The predicted molar refractivity (Wildman–Crippen MR) is 85.7 cm³/mol. The number of rotatable bonds is 3. The molecule has 0 radical (unpaired) electrons. The lowest BCUT2D eigenvalue weighted by Crippen LogP contribution is -2.42. The van der Waals surface area contributed by atoms with Gasteiger partial charge < -0.3 is 4.74 Å². The van der Waals surface area contributed by atoms with E-state index in [9.17, 15) is 8.42 Å². The van der Waals surface area contributed by atoms with Gasteiger partial charge in [-0.2, -0.15) is 0 Å². The third-order valence-electron chi connectivity index (χ3n) is 3.99. The highest BCUT2D eigenvalue weighted by Crippen LogP contribution is 2.25. The minimum atomic E-state index is -3.53. The zero-order valence-corrected chi connectivity index (χ0v) is 13.5. The van der Waals surface area contributed by atoms with E-state index in [0.717, 1.165) is 22.4 Å². The van der Waals surface area contributed by atoms with Gasteiger partial charge in [-0.3, -0.25) is 0 Å². The van der Waals surface area contributed by atoms with Gasteiger partial charge in [0.05, 0.1) is 10.9 Å². The number of aryl methyl sites for hydroxylation is 2. The summed E-state index contributed by atoms with van der Waals surface area (Å²) in [6.07, 6.45) is 0.639. The molecular weight excluding hydrogens is 298 g/mol. The van der Waals surface area contributed by atoms with Gasteiger partial charge in [-0.1, -0.05) is 24.3 Å². The van der Waals surface area contributed by atoms with Gasteiger partial charge in [0.2, 0.25) is 10.0 Å². The number of sulfonamides is 1. The molecule has 1 atom stereocenters. The smallest absolute Gasteiger partial charge is 0.240 e. The molecule has 0 saturated carbocycles. The van der Waals surface area contributed by atoms with Crippen molar-refractivity contribution < 1.29 is 13.2 Å². The molecule has 3 rings (SSSR count). The van der Waals surface area contributed by atoms with E-state index >= 15 is 0 Å². The van der Waals surface area contributed by atoms with Crippen molar-refractivity contribution in [1.29, 1.82) is 0 Å². The minimum absolute atomic E-state index is 0.249. The van der Waals surface area contributed by atoms with Gasteiger partial charge in [0, 0.05) is 0 Å². The van der Waals surface area contributed by atoms with Gasteiger partial charge in [0.1, 0.15) is 12.4 Å². The largest absolute Gasteiger partial charge is 0.492 e. The van der Waals surface area contributed by atoms with Crippen molar-refractivity contribution in [1.82, 2.24) is 4.72 Å². The van der Waals surface area contributed by atoms with Crippen LogP contribution in [0.15, 0.2) is 47.4 Å². The molecule has 2 aromatic carbocycles. The second kappa shape index (κ2) is 5.74. The zero-order valence-electron chi connectivity index (χ0n) is 12.7. The van der Waals surface area contributed by atoms with E-state index in [1.54, 1.807) is 12.1 Å². The number of fused-ring (bicyclic) bond motifs is 1. The number of ether oxygens (including phenoxy) is 1. The van der Waals surface area contributed by atoms with Crippen LogP contribution in [0.2, 0.25) is 0 Å². The van der Waals surface area contributed by atoms with Crippen LogP contribution in [-0.2, 0) is 16.4 Å². The molecule has 22 heavy (non-hydrogen) atoms. The fourth-order valence-corrected chi connectivity index (χ4v) is 3.88. The van der Waals surface area contributed by atoms with Gasteiger partial charge >= 0.3 is 0 Å². The average Bonchev–Trinajstić information content (AvgIpc) is 2.49. The summed E-state index contributed by atoms with van der Waals surface area (Å²) in [6, 6.07) is 12.6. The zero-order chi connectivity index (χ0) is 15.7. The van der Waals surface area contributed by atoms with Crippen LogP contribution >= 0.6 is 0 Å². The lowest BCUT2D eigenvalue weighted by atomic mass is 10.0. The van der Waals surface area contributed by atoms with E-state index in [1.165, 1.54) is 0 Å². The van der Waals surface area contributed by atoms with E-state index in [4.69, 9.17) is 4.74 Å². The summed E-state index contributed by atoms with van der Waals surface area (Å²) < 4.78 is 33.4. The first-order valence-electron chi connectivity index (χ1n) is 7.26. The Morgan fingerprint density at radius 3 is 2.64 bits per heavy atom. The molecule has 0 bridgehead atoms.